The van der Waals surface area contributed by atoms with Crippen molar-refractivity contribution in [2.75, 3.05) is 6.54 Å². The van der Waals surface area contributed by atoms with Gasteiger partial charge in [-0.3, -0.25) is 9.59 Å². The van der Waals surface area contributed by atoms with Crippen LogP contribution in [0.15, 0.2) is 30.3 Å². The smallest absolute Gasteiger partial charge is 0.307 e. The van der Waals surface area contributed by atoms with E-state index in [9.17, 15) is 14.7 Å². The molecular weight excluding hydrogens is 278 g/mol. The molecule has 1 saturated carbocycles. The van der Waals surface area contributed by atoms with E-state index in [0.717, 1.165) is 32.1 Å². The van der Waals surface area contributed by atoms with Crippen molar-refractivity contribution in [2.45, 2.75) is 44.9 Å². The minimum atomic E-state index is -0.830. The Labute approximate surface area is 131 Å². The number of nitrogens with one attached hydrogen (secondary N) is 1. The Morgan fingerprint density at radius 1 is 1.05 bits per heavy atom. The van der Waals surface area contributed by atoms with Crippen LogP contribution in [0.2, 0.25) is 0 Å². The third-order valence-corrected chi connectivity index (χ3v) is 4.45. The average molecular weight is 303 g/mol. The predicted molar refractivity (Wildman–Crippen MR) is 85.5 cm³/mol. The molecule has 22 heavy (non-hydrogen) atoms. The highest BCUT2D eigenvalue weighted by Crippen LogP contribution is 2.30. The van der Waals surface area contributed by atoms with Crippen LogP contribution in [0, 0.1) is 11.8 Å². The molecule has 4 heteroatoms. The third-order valence-electron chi connectivity index (χ3n) is 4.45. The third kappa shape index (κ3) is 4.86. The zero-order chi connectivity index (χ0) is 15.8. The van der Waals surface area contributed by atoms with Gasteiger partial charge in [0.25, 0.3) is 0 Å². The van der Waals surface area contributed by atoms with Crippen LogP contribution in [0.3, 0.4) is 0 Å². The first-order chi connectivity index (χ1) is 10.7. The molecule has 1 amide bonds. The van der Waals surface area contributed by atoms with Gasteiger partial charge in [0.2, 0.25) is 5.91 Å². The monoisotopic (exact) mass is 303 g/mol. The summed E-state index contributed by atoms with van der Waals surface area (Å²) in [5.74, 6) is -1.76. The van der Waals surface area contributed by atoms with E-state index < -0.39 is 11.9 Å². The van der Waals surface area contributed by atoms with Crippen LogP contribution in [0.5, 0.6) is 0 Å². The molecule has 0 aliphatic heterocycles. The van der Waals surface area contributed by atoms with Crippen molar-refractivity contribution in [1.29, 1.82) is 0 Å². The fraction of sp³-hybridized carbons (Fsp3) is 0.556. The number of aryl methyl sites for hydroxylation is 1. The van der Waals surface area contributed by atoms with Gasteiger partial charge in [0, 0.05) is 6.54 Å². The van der Waals surface area contributed by atoms with Gasteiger partial charge in [-0.1, -0.05) is 43.2 Å². The summed E-state index contributed by atoms with van der Waals surface area (Å²) in [6.45, 7) is 0.633. The number of carboxylic acid groups (broad SMARTS) is 1. The minimum Gasteiger partial charge on any atom is -0.481 e. The molecule has 1 fully saturated rings. The number of hydrogen-bond acceptors (Lipinski definition) is 2. The molecule has 1 aliphatic rings. The Morgan fingerprint density at radius 3 is 2.41 bits per heavy atom. The van der Waals surface area contributed by atoms with Gasteiger partial charge in [0.05, 0.1) is 11.8 Å². The Balaban J connectivity index is 1.67. The Kier molecular flexibility index (Phi) is 6.44. The lowest BCUT2D eigenvalue weighted by Crippen LogP contribution is -2.40. The molecule has 2 rings (SSSR count). The zero-order valence-corrected chi connectivity index (χ0v) is 13.0. The summed E-state index contributed by atoms with van der Waals surface area (Å²) in [6, 6.07) is 10.3. The number of carbonyl (C=O) groups excluding carboxylic acids is 1. The van der Waals surface area contributed by atoms with Crippen LogP contribution >= 0.6 is 0 Å². The van der Waals surface area contributed by atoms with E-state index in [-0.39, 0.29) is 11.8 Å². The number of unbranched alkanes of at least 4 members (excludes halogenated alkanes) is 1. The second-order valence-corrected chi connectivity index (χ2v) is 6.07. The van der Waals surface area contributed by atoms with Gasteiger partial charge in [0.15, 0.2) is 0 Å². The molecule has 0 bridgehead atoms. The highest BCUT2D eigenvalue weighted by Gasteiger charge is 2.35. The van der Waals surface area contributed by atoms with E-state index in [1.165, 1.54) is 5.56 Å². The van der Waals surface area contributed by atoms with E-state index >= 15 is 0 Å². The van der Waals surface area contributed by atoms with Crippen LogP contribution in [0.1, 0.15) is 44.1 Å². The fourth-order valence-electron chi connectivity index (χ4n) is 3.18. The molecule has 1 aromatic carbocycles. The highest BCUT2D eigenvalue weighted by molar-refractivity contribution is 5.84. The summed E-state index contributed by atoms with van der Waals surface area (Å²) in [4.78, 5) is 23.4. The molecule has 0 radical (unpaired) electrons. The first-order valence-corrected chi connectivity index (χ1v) is 8.23. The summed E-state index contributed by atoms with van der Waals surface area (Å²) in [7, 11) is 0. The quantitative estimate of drug-likeness (QED) is 0.761. The van der Waals surface area contributed by atoms with E-state index in [0.29, 0.717) is 19.4 Å². The van der Waals surface area contributed by atoms with E-state index in [1.807, 2.05) is 18.2 Å². The molecule has 1 aliphatic carbocycles. The zero-order valence-electron chi connectivity index (χ0n) is 13.0. The average Bonchev–Trinajstić information content (AvgIpc) is 2.55. The van der Waals surface area contributed by atoms with Gasteiger partial charge in [-0.25, -0.2) is 0 Å². The van der Waals surface area contributed by atoms with Crippen molar-refractivity contribution in [1.82, 2.24) is 5.32 Å². The number of carboxylic acids is 1. The maximum atomic E-state index is 12.2. The Hall–Kier alpha value is -1.84. The van der Waals surface area contributed by atoms with Crippen LogP contribution in [0.25, 0.3) is 0 Å². The molecular formula is C18H25NO3. The van der Waals surface area contributed by atoms with Gasteiger partial charge >= 0.3 is 5.97 Å². The molecule has 0 aromatic heterocycles. The summed E-state index contributed by atoms with van der Waals surface area (Å²) in [6.07, 6.45) is 6.16. The van der Waals surface area contributed by atoms with Crippen LogP contribution in [-0.2, 0) is 16.0 Å². The number of amides is 1. The lowest BCUT2D eigenvalue weighted by molar-refractivity contribution is -0.148. The largest absolute Gasteiger partial charge is 0.481 e. The minimum absolute atomic E-state index is 0.0770. The number of hydrogen-bond donors (Lipinski definition) is 2. The summed E-state index contributed by atoms with van der Waals surface area (Å²) < 4.78 is 0. The van der Waals surface area contributed by atoms with E-state index in [2.05, 4.69) is 17.4 Å². The summed E-state index contributed by atoms with van der Waals surface area (Å²) in [5.41, 5.74) is 1.31. The maximum absolute atomic E-state index is 12.2. The van der Waals surface area contributed by atoms with Crippen LogP contribution < -0.4 is 5.32 Å². The Morgan fingerprint density at radius 2 is 1.73 bits per heavy atom. The molecule has 2 N–H and O–H groups in total. The second kappa shape index (κ2) is 8.57. The topological polar surface area (TPSA) is 66.4 Å². The van der Waals surface area contributed by atoms with Crippen molar-refractivity contribution >= 4 is 11.9 Å². The van der Waals surface area contributed by atoms with Crippen molar-refractivity contribution < 1.29 is 14.7 Å². The van der Waals surface area contributed by atoms with Crippen LogP contribution in [0.4, 0.5) is 0 Å². The molecule has 2 atom stereocenters. The van der Waals surface area contributed by atoms with E-state index in [1.54, 1.807) is 0 Å². The van der Waals surface area contributed by atoms with Crippen molar-refractivity contribution in [3.8, 4) is 0 Å². The SMILES string of the molecule is O=C(O)[C@H]1CCCC[C@H]1C(=O)NCCCCc1ccccc1. The Bertz CT molecular complexity index is 486. The first-order valence-electron chi connectivity index (χ1n) is 8.23. The first kappa shape index (κ1) is 16.5. The number of rotatable bonds is 7. The maximum Gasteiger partial charge on any atom is 0.307 e. The lowest BCUT2D eigenvalue weighted by atomic mass is 9.78. The summed E-state index contributed by atoms with van der Waals surface area (Å²) >= 11 is 0. The van der Waals surface area contributed by atoms with Crippen LogP contribution in [-0.4, -0.2) is 23.5 Å². The standard InChI is InChI=1S/C18H25NO3/c20-17(15-11-4-5-12-16(15)18(21)22)19-13-7-6-10-14-8-2-1-3-9-14/h1-3,8-9,15-16H,4-7,10-13H2,(H,19,20)(H,21,22)/t15-,16+/m1/s1. The number of aliphatic carboxylic acids is 1. The number of carbonyl (C=O) groups is 2. The molecule has 4 nitrogen and oxygen atoms in total. The second-order valence-electron chi connectivity index (χ2n) is 6.07. The molecule has 0 saturated heterocycles. The molecule has 0 spiro atoms. The van der Waals surface area contributed by atoms with Gasteiger partial charge in [-0.2, -0.15) is 0 Å². The van der Waals surface area contributed by atoms with Gasteiger partial charge < -0.3 is 10.4 Å². The van der Waals surface area contributed by atoms with Gasteiger partial charge in [-0.05, 0) is 37.7 Å². The van der Waals surface area contributed by atoms with E-state index in [4.69, 9.17) is 0 Å². The lowest BCUT2D eigenvalue weighted by Gasteiger charge is -2.27. The normalized spacial score (nSPS) is 21.3. The molecule has 0 heterocycles. The highest BCUT2D eigenvalue weighted by atomic mass is 16.4. The fourth-order valence-corrected chi connectivity index (χ4v) is 3.18. The van der Waals surface area contributed by atoms with Crippen molar-refractivity contribution in [2.24, 2.45) is 11.8 Å². The molecule has 1 aromatic rings. The van der Waals surface area contributed by atoms with Crippen molar-refractivity contribution in [3.05, 3.63) is 35.9 Å². The van der Waals surface area contributed by atoms with Crippen molar-refractivity contribution in [3.63, 3.8) is 0 Å². The molecule has 0 unspecified atom stereocenters. The molecule has 120 valence electrons. The van der Waals surface area contributed by atoms with Gasteiger partial charge in [-0.15, -0.1) is 0 Å². The number of benzene rings is 1. The summed E-state index contributed by atoms with van der Waals surface area (Å²) in [5, 5.41) is 12.1. The predicted octanol–water partition coefficient (Wildman–Crippen LogP) is 3.02. The van der Waals surface area contributed by atoms with Gasteiger partial charge in [0.1, 0.15) is 0 Å².